The Morgan fingerprint density at radius 3 is 2.50 bits per heavy atom. The Morgan fingerprint density at radius 1 is 1.33 bits per heavy atom. The molecule has 1 aliphatic rings. The molecular formula is C10H17NO. The van der Waals surface area contributed by atoms with Gasteiger partial charge in [-0.05, 0) is 25.7 Å². The van der Waals surface area contributed by atoms with Crippen molar-refractivity contribution in [1.29, 1.82) is 0 Å². The third-order valence-corrected chi connectivity index (χ3v) is 2.30. The van der Waals surface area contributed by atoms with Crippen LogP contribution in [-0.2, 0) is 4.79 Å². The largest absolute Gasteiger partial charge is 0.377 e. The van der Waals surface area contributed by atoms with Crippen LogP contribution in [0.4, 0.5) is 0 Å². The van der Waals surface area contributed by atoms with Crippen molar-refractivity contribution in [3.05, 3.63) is 11.8 Å². The number of hydrogen-bond donors (Lipinski definition) is 0. The van der Waals surface area contributed by atoms with E-state index in [2.05, 4.69) is 4.90 Å². The van der Waals surface area contributed by atoms with E-state index < -0.39 is 0 Å². The van der Waals surface area contributed by atoms with Crippen LogP contribution >= 0.6 is 0 Å². The quantitative estimate of drug-likeness (QED) is 0.473. The fourth-order valence-electron chi connectivity index (χ4n) is 1.49. The fraction of sp³-hybridized carbons (Fsp3) is 0.700. The predicted octanol–water partition coefficient (Wildman–Crippen LogP) is 1.97. The third kappa shape index (κ3) is 2.68. The molecule has 0 aromatic rings. The molecule has 1 saturated heterocycles. The second-order valence-electron chi connectivity index (χ2n) is 3.27. The first-order valence-electron chi connectivity index (χ1n) is 4.76. The van der Waals surface area contributed by atoms with Crippen molar-refractivity contribution in [3.8, 4) is 0 Å². The average molecular weight is 167 g/mol. The summed E-state index contributed by atoms with van der Waals surface area (Å²) < 4.78 is 0. The molecular weight excluding hydrogens is 150 g/mol. The molecule has 0 aromatic heterocycles. The zero-order valence-electron chi connectivity index (χ0n) is 7.75. The van der Waals surface area contributed by atoms with Crippen LogP contribution in [0.3, 0.4) is 0 Å². The smallest absolute Gasteiger partial charge is 0.147 e. The van der Waals surface area contributed by atoms with E-state index in [-0.39, 0.29) is 0 Å². The Bertz CT molecular complexity index is 169. The molecule has 0 aliphatic carbocycles. The maximum absolute atomic E-state index is 10.5. The van der Waals surface area contributed by atoms with E-state index in [0.717, 1.165) is 31.4 Å². The van der Waals surface area contributed by atoms with Gasteiger partial charge in [0.25, 0.3) is 0 Å². The summed E-state index contributed by atoms with van der Waals surface area (Å²) in [5.41, 5.74) is 0.914. The number of rotatable bonds is 3. The van der Waals surface area contributed by atoms with Gasteiger partial charge in [-0.2, -0.15) is 0 Å². The van der Waals surface area contributed by atoms with Gasteiger partial charge in [-0.1, -0.05) is 6.92 Å². The predicted molar refractivity (Wildman–Crippen MR) is 49.9 cm³/mol. The van der Waals surface area contributed by atoms with E-state index in [0.29, 0.717) is 0 Å². The van der Waals surface area contributed by atoms with Crippen LogP contribution in [0.2, 0.25) is 0 Å². The maximum atomic E-state index is 10.5. The molecule has 68 valence electrons. The number of allylic oxidation sites excluding steroid dienone is 1. The van der Waals surface area contributed by atoms with Crippen LogP contribution < -0.4 is 0 Å². The summed E-state index contributed by atoms with van der Waals surface area (Å²) in [6.45, 7) is 4.26. The van der Waals surface area contributed by atoms with Crippen molar-refractivity contribution in [2.75, 3.05) is 13.1 Å². The lowest BCUT2D eigenvalue weighted by Gasteiger charge is -2.25. The molecule has 0 atom stereocenters. The minimum atomic E-state index is 0.847. The molecule has 1 aliphatic heterocycles. The first-order valence-corrected chi connectivity index (χ1v) is 4.76. The van der Waals surface area contributed by atoms with Crippen molar-refractivity contribution in [3.63, 3.8) is 0 Å². The van der Waals surface area contributed by atoms with Crippen molar-refractivity contribution >= 4 is 6.29 Å². The number of nitrogens with zero attached hydrogens (tertiary/aromatic N) is 1. The maximum Gasteiger partial charge on any atom is 0.147 e. The third-order valence-electron chi connectivity index (χ3n) is 2.30. The number of likely N-dealkylation sites (tertiary alicyclic amines) is 1. The van der Waals surface area contributed by atoms with Crippen LogP contribution in [0.5, 0.6) is 0 Å². The summed E-state index contributed by atoms with van der Waals surface area (Å²) in [6, 6.07) is 0. The minimum absolute atomic E-state index is 0.847. The highest BCUT2D eigenvalue weighted by molar-refractivity contribution is 5.72. The van der Waals surface area contributed by atoms with Gasteiger partial charge in [0.1, 0.15) is 6.29 Å². The summed E-state index contributed by atoms with van der Waals surface area (Å²) in [6.07, 6.45) is 7.71. The summed E-state index contributed by atoms with van der Waals surface area (Å²) in [7, 11) is 0. The van der Waals surface area contributed by atoms with Crippen LogP contribution in [0.15, 0.2) is 11.8 Å². The number of carbonyl (C=O) groups excluding carboxylic acids is 1. The Hall–Kier alpha value is -0.790. The Morgan fingerprint density at radius 2 is 2.00 bits per heavy atom. The highest BCUT2D eigenvalue weighted by Gasteiger charge is 2.06. The molecule has 0 saturated carbocycles. The van der Waals surface area contributed by atoms with Gasteiger partial charge in [-0.3, -0.25) is 4.79 Å². The average Bonchev–Trinajstić information content (AvgIpc) is 2.16. The lowest BCUT2D eigenvalue weighted by Crippen LogP contribution is -2.24. The van der Waals surface area contributed by atoms with E-state index in [9.17, 15) is 4.79 Å². The standard InChI is InChI=1S/C10H17NO/c1-2-10(9-12)8-11-6-4-3-5-7-11/h8-9H,2-7H2,1H3/b10-8+. The number of hydrogen-bond acceptors (Lipinski definition) is 2. The number of carbonyl (C=O) groups is 1. The molecule has 0 amide bonds. The lowest BCUT2D eigenvalue weighted by atomic mass is 10.1. The van der Waals surface area contributed by atoms with E-state index >= 15 is 0 Å². The molecule has 12 heavy (non-hydrogen) atoms. The highest BCUT2D eigenvalue weighted by atomic mass is 16.1. The SMILES string of the molecule is CC/C(C=O)=C\N1CCCCC1. The molecule has 0 aromatic carbocycles. The zero-order chi connectivity index (χ0) is 8.81. The van der Waals surface area contributed by atoms with Gasteiger partial charge in [0.2, 0.25) is 0 Å². The van der Waals surface area contributed by atoms with Gasteiger partial charge in [0.05, 0.1) is 0 Å². The first kappa shape index (κ1) is 9.30. The minimum Gasteiger partial charge on any atom is -0.377 e. The molecule has 0 spiro atoms. The van der Waals surface area contributed by atoms with E-state index in [4.69, 9.17) is 0 Å². The van der Waals surface area contributed by atoms with Crippen LogP contribution in [0.1, 0.15) is 32.6 Å². The van der Waals surface area contributed by atoms with Gasteiger partial charge in [-0.15, -0.1) is 0 Å². The van der Waals surface area contributed by atoms with Crippen molar-refractivity contribution in [2.45, 2.75) is 32.6 Å². The van der Waals surface area contributed by atoms with Gasteiger partial charge < -0.3 is 4.90 Å². The Labute approximate surface area is 74.2 Å². The van der Waals surface area contributed by atoms with E-state index in [1.54, 1.807) is 0 Å². The van der Waals surface area contributed by atoms with Crippen LogP contribution in [0, 0.1) is 0 Å². The van der Waals surface area contributed by atoms with Crippen LogP contribution in [0.25, 0.3) is 0 Å². The fourth-order valence-corrected chi connectivity index (χ4v) is 1.49. The summed E-state index contributed by atoms with van der Waals surface area (Å²) in [4.78, 5) is 12.8. The molecule has 1 rings (SSSR count). The van der Waals surface area contributed by atoms with Crippen molar-refractivity contribution in [2.24, 2.45) is 0 Å². The van der Waals surface area contributed by atoms with E-state index in [1.807, 2.05) is 13.1 Å². The molecule has 0 unspecified atom stereocenters. The molecule has 1 fully saturated rings. The topological polar surface area (TPSA) is 20.3 Å². The zero-order valence-corrected chi connectivity index (χ0v) is 7.75. The monoisotopic (exact) mass is 167 g/mol. The normalized spacial score (nSPS) is 19.4. The highest BCUT2D eigenvalue weighted by Crippen LogP contribution is 2.10. The molecule has 2 heteroatoms. The first-order chi connectivity index (χ1) is 5.86. The number of aldehydes is 1. The molecule has 0 N–H and O–H groups in total. The van der Waals surface area contributed by atoms with E-state index in [1.165, 1.54) is 19.3 Å². The Balaban J connectivity index is 2.45. The summed E-state index contributed by atoms with van der Waals surface area (Å²) in [5.74, 6) is 0. The van der Waals surface area contributed by atoms with Gasteiger partial charge >= 0.3 is 0 Å². The Kier molecular flexibility index (Phi) is 3.85. The second kappa shape index (κ2) is 4.96. The van der Waals surface area contributed by atoms with Gasteiger partial charge in [-0.25, -0.2) is 0 Å². The molecule has 0 radical (unpaired) electrons. The molecule has 2 nitrogen and oxygen atoms in total. The van der Waals surface area contributed by atoms with Gasteiger partial charge in [0, 0.05) is 24.9 Å². The lowest BCUT2D eigenvalue weighted by molar-refractivity contribution is -0.105. The molecule has 0 bridgehead atoms. The van der Waals surface area contributed by atoms with Crippen molar-refractivity contribution in [1.82, 2.24) is 4.90 Å². The summed E-state index contributed by atoms with van der Waals surface area (Å²) in [5, 5.41) is 0. The summed E-state index contributed by atoms with van der Waals surface area (Å²) >= 11 is 0. The van der Waals surface area contributed by atoms with Crippen molar-refractivity contribution < 1.29 is 4.79 Å². The number of piperidine rings is 1. The van der Waals surface area contributed by atoms with Crippen LogP contribution in [-0.4, -0.2) is 24.3 Å². The second-order valence-corrected chi connectivity index (χ2v) is 3.27. The molecule has 1 heterocycles. The van der Waals surface area contributed by atoms with Gasteiger partial charge in [0.15, 0.2) is 0 Å².